The number of likely N-dealkylation sites (tertiary alicyclic amines) is 1. The second-order valence-corrected chi connectivity index (χ2v) is 6.90. The van der Waals surface area contributed by atoms with Crippen LogP contribution in [0.2, 0.25) is 0 Å². The van der Waals surface area contributed by atoms with Crippen molar-refractivity contribution in [2.75, 3.05) is 13.1 Å². The minimum atomic E-state index is -0.627. The lowest BCUT2D eigenvalue weighted by atomic mass is 9.90. The van der Waals surface area contributed by atoms with Crippen molar-refractivity contribution in [3.8, 4) is 5.75 Å². The summed E-state index contributed by atoms with van der Waals surface area (Å²) in [7, 11) is 0. The Kier molecular flexibility index (Phi) is 6.26. The van der Waals surface area contributed by atoms with E-state index in [-0.39, 0.29) is 11.7 Å². The lowest BCUT2D eigenvalue weighted by molar-refractivity contribution is -0.140. The summed E-state index contributed by atoms with van der Waals surface area (Å²) in [6.45, 7) is 3.38. The highest BCUT2D eigenvalue weighted by molar-refractivity contribution is 5.81. The third-order valence-corrected chi connectivity index (χ3v) is 5.05. The van der Waals surface area contributed by atoms with Gasteiger partial charge in [-0.05, 0) is 49.3 Å². The highest BCUT2D eigenvalue weighted by Crippen LogP contribution is 2.24. The molecule has 0 aliphatic carbocycles. The van der Waals surface area contributed by atoms with Crippen LogP contribution in [0.1, 0.15) is 31.7 Å². The first-order chi connectivity index (χ1) is 12.7. The summed E-state index contributed by atoms with van der Waals surface area (Å²) in [6, 6.07) is 16.7. The molecule has 1 heterocycles. The zero-order valence-corrected chi connectivity index (χ0v) is 15.2. The van der Waals surface area contributed by atoms with Crippen LogP contribution < -0.4 is 4.74 Å². The topological polar surface area (TPSA) is 29.5 Å². The molecule has 2 aromatic rings. The van der Waals surface area contributed by atoms with Gasteiger partial charge in [0.25, 0.3) is 5.91 Å². The van der Waals surface area contributed by atoms with E-state index < -0.39 is 11.9 Å². The van der Waals surface area contributed by atoms with Crippen molar-refractivity contribution in [2.45, 2.75) is 38.7 Å². The van der Waals surface area contributed by atoms with Gasteiger partial charge in [0, 0.05) is 13.1 Å². The normalized spacial score (nSPS) is 16.3. The Hall–Kier alpha value is -2.36. The SMILES string of the molecule is CC[C@@H](Oc1ccccc1F)C(=O)N1CCC(Cc2ccccc2)CC1. The molecule has 1 aliphatic heterocycles. The minimum absolute atomic E-state index is 0.0334. The lowest BCUT2D eigenvalue weighted by Crippen LogP contribution is -2.46. The molecule has 2 aromatic carbocycles. The summed E-state index contributed by atoms with van der Waals surface area (Å²) >= 11 is 0. The van der Waals surface area contributed by atoms with E-state index in [4.69, 9.17) is 4.74 Å². The van der Waals surface area contributed by atoms with E-state index >= 15 is 0 Å². The van der Waals surface area contributed by atoms with Gasteiger partial charge in [0.2, 0.25) is 0 Å². The van der Waals surface area contributed by atoms with Crippen molar-refractivity contribution in [3.05, 3.63) is 66.0 Å². The Morgan fingerprint density at radius 3 is 2.42 bits per heavy atom. The van der Waals surface area contributed by atoms with E-state index in [0.717, 1.165) is 32.4 Å². The molecule has 0 saturated carbocycles. The first-order valence-corrected chi connectivity index (χ1v) is 9.41. The van der Waals surface area contributed by atoms with Crippen molar-refractivity contribution in [3.63, 3.8) is 0 Å². The van der Waals surface area contributed by atoms with Gasteiger partial charge in [-0.15, -0.1) is 0 Å². The van der Waals surface area contributed by atoms with Crippen LogP contribution in [0, 0.1) is 11.7 Å². The Labute approximate surface area is 154 Å². The molecular weight excluding hydrogens is 329 g/mol. The lowest BCUT2D eigenvalue weighted by Gasteiger charge is -2.34. The number of ether oxygens (including phenoxy) is 1. The smallest absolute Gasteiger partial charge is 0.263 e. The number of para-hydroxylation sites is 1. The molecule has 1 aliphatic rings. The van der Waals surface area contributed by atoms with Gasteiger partial charge >= 0.3 is 0 Å². The minimum Gasteiger partial charge on any atom is -0.478 e. The van der Waals surface area contributed by atoms with Crippen molar-refractivity contribution < 1.29 is 13.9 Å². The Morgan fingerprint density at radius 2 is 1.77 bits per heavy atom. The molecule has 1 fully saturated rings. The second kappa shape index (κ2) is 8.84. The highest BCUT2D eigenvalue weighted by Gasteiger charge is 2.29. The van der Waals surface area contributed by atoms with Gasteiger partial charge in [-0.25, -0.2) is 4.39 Å². The zero-order valence-electron chi connectivity index (χ0n) is 15.2. The molecule has 26 heavy (non-hydrogen) atoms. The summed E-state index contributed by atoms with van der Waals surface area (Å²) in [4.78, 5) is 14.7. The molecule has 0 bridgehead atoms. The first kappa shape index (κ1) is 18.4. The average molecular weight is 355 g/mol. The van der Waals surface area contributed by atoms with Crippen LogP contribution in [0.5, 0.6) is 5.75 Å². The van der Waals surface area contributed by atoms with E-state index in [1.165, 1.54) is 11.6 Å². The second-order valence-electron chi connectivity index (χ2n) is 6.90. The van der Waals surface area contributed by atoms with Crippen LogP contribution in [-0.2, 0) is 11.2 Å². The summed E-state index contributed by atoms with van der Waals surface area (Å²) in [5.41, 5.74) is 1.35. The molecular formula is C22H26FNO2. The number of hydrogen-bond acceptors (Lipinski definition) is 2. The first-order valence-electron chi connectivity index (χ1n) is 9.41. The molecule has 0 aromatic heterocycles. The van der Waals surface area contributed by atoms with Gasteiger partial charge < -0.3 is 9.64 Å². The Bertz CT molecular complexity index is 711. The molecule has 0 spiro atoms. The van der Waals surface area contributed by atoms with Crippen molar-refractivity contribution >= 4 is 5.91 Å². The van der Waals surface area contributed by atoms with Gasteiger partial charge in [0.1, 0.15) is 0 Å². The number of halogens is 1. The largest absolute Gasteiger partial charge is 0.478 e. The van der Waals surface area contributed by atoms with Gasteiger partial charge in [-0.3, -0.25) is 4.79 Å². The third kappa shape index (κ3) is 4.63. The summed E-state index contributed by atoms with van der Waals surface area (Å²) < 4.78 is 19.5. The Balaban J connectivity index is 1.54. The maximum absolute atomic E-state index is 13.8. The fraction of sp³-hybridized carbons (Fsp3) is 0.409. The number of rotatable bonds is 6. The molecule has 0 radical (unpaired) electrons. The molecule has 1 atom stereocenters. The molecule has 1 amide bonds. The van der Waals surface area contributed by atoms with Crippen molar-refractivity contribution in [2.24, 2.45) is 5.92 Å². The third-order valence-electron chi connectivity index (χ3n) is 5.05. The number of hydrogen-bond donors (Lipinski definition) is 0. The van der Waals surface area contributed by atoms with E-state index in [1.54, 1.807) is 18.2 Å². The van der Waals surface area contributed by atoms with Crippen molar-refractivity contribution in [1.29, 1.82) is 0 Å². The average Bonchev–Trinajstić information content (AvgIpc) is 2.68. The van der Waals surface area contributed by atoms with Gasteiger partial charge in [-0.1, -0.05) is 49.4 Å². The monoisotopic (exact) mass is 355 g/mol. The van der Waals surface area contributed by atoms with Crippen LogP contribution in [0.4, 0.5) is 4.39 Å². The molecule has 3 nitrogen and oxygen atoms in total. The summed E-state index contributed by atoms with van der Waals surface area (Å²) in [6.07, 6.45) is 2.95. The Morgan fingerprint density at radius 1 is 1.12 bits per heavy atom. The van der Waals surface area contributed by atoms with Gasteiger partial charge in [-0.2, -0.15) is 0 Å². The fourth-order valence-electron chi connectivity index (χ4n) is 3.51. The molecule has 138 valence electrons. The van der Waals surface area contributed by atoms with Gasteiger partial charge in [0.05, 0.1) is 0 Å². The van der Waals surface area contributed by atoms with E-state index in [1.807, 2.05) is 17.9 Å². The molecule has 0 N–H and O–H groups in total. The predicted molar refractivity (Wildman–Crippen MR) is 101 cm³/mol. The maximum atomic E-state index is 13.8. The number of amides is 1. The van der Waals surface area contributed by atoms with E-state index in [2.05, 4.69) is 24.3 Å². The van der Waals surface area contributed by atoms with Crippen molar-refractivity contribution in [1.82, 2.24) is 4.90 Å². The number of nitrogens with zero attached hydrogens (tertiary/aromatic N) is 1. The van der Waals surface area contributed by atoms with Crippen LogP contribution in [0.25, 0.3) is 0 Å². The van der Waals surface area contributed by atoms with E-state index in [0.29, 0.717) is 12.3 Å². The maximum Gasteiger partial charge on any atom is 0.263 e. The number of benzene rings is 2. The number of carbonyl (C=O) groups excluding carboxylic acids is 1. The van der Waals surface area contributed by atoms with Gasteiger partial charge in [0.15, 0.2) is 17.7 Å². The zero-order chi connectivity index (χ0) is 18.4. The molecule has 3 rings (SSSR count). The predicted octanol–water partition coefficient (Wildman–Crippen LogP) is 4.46. The van der Waals surface area contributed by atoms with Crippen LogP contribution in [0.3, 0.4) is 0 Å². The standard InChI is InChI=1S/C22H26FNO2/c1-2-20(26-21-11-7-6-10-19(21)23)22(25)24-14-12-18(13-15-24)16-17-8-4-3-5-9-17/h3-11,18,20H,2,12-16H2,1H3/t20-/m1/s1. The molecule has 4 heteroatoms. The molecule has 0 unspecified atom stereocenters. The molecule has 1 saturated heterocycles. The van der Waals surface area contributed by atoms with Crippen LogP contribution >= 0.6 is 0 Å². The number of piperidine rings is 1. The summed E-state index contributed by atoms with van der Waals surface area (Å²) in [5.74, 6) is 0.287. The summed E-state index contributed by atoms with van der Waals surface area (Å²) in [5, 5.41) is 0. The highest BCUT2D eigenvalue weighted by atomic mass is 19.1. The quantitative estimate of drug-likeness (QED) is 0.765. The van der Waals surface area contributed by atoms with Crippen LogP contribution in [-0.4, -0.2) is 30.0 Å². The van der Waals surface area contributed by atoms with Crippen LogP contribution in [0.15, 0.2) is 54.6 Å². The number of carbonyl (C=O) groups is 1. The fourth-order valence-corrected chi connectivity index (χ4v) is 3.51. The van der Waals surface area contributed by atoms with E-state index in [9.17, 15) is 9.18 Å².